The van der Waals surface area contributed by atoms with E-state index in [1.807, 2.05) is 0 Å². The van der Waals surface area contributed by atoms with Gasteiger partial charge >= 0.3 is 0 Å². The monoisotopic (exact) mass is 1330 g/mol. The van der Waals surface area contributed by atoms with Crippen molar-refractivity contribution in [2.45, 2.75) is 163 Å². The van der Waals surface area contributed by atoms with E-state index in [1.54, 1.807) is 0 Å². The van der Waals surface area contributed by atoms with Gasteiger partial charge in [0.1, 0.15) is 11.5 Å². The summed E-state index contributed by atoms with van der Waals surface area (Å²) in [6, 6.07) is 94.9. The molecule has 0 N–H and O–H groups in total. The molecule has 0 aliphatic carbocycles. The highest BCUT2D eigenvalue weighted by Gasteiger charge is 2.55. The normalized spacial score (nSPS) is 14.3. The number of aromatic nitrogens is 2. The molecule has 4 nitrogen and oxygen atoms in total. The fourth-order valence-electron chi connectivity index (χ4n) is 17.5. The van der Waals surface area contributed by atoms with Crippen LogP contribution in [-0.2, 0) is 37.9 Å². The van der Waals surface area contributed by atoms with Crippen LogP contribution in [0.1, 0.15) is 180 Å². The predicted octanol–water partition coefficient (Wildman–Crippen LogP) is 24.1. The predicted molar refractivity (Wildman–Crippen MR) is 436 cm³/mol. The van der Waals surface area contributed by atoms with Gasteiger partial charge in [-0.1, -0.05) is 264 Å². The Bertz CT molecular complexity index is 5620. The Balaban J connectivity index is 1.05. The second-order valence-corrected chi connectivity index (χ2v) is 35.8. The van der Waals surface area contributed by atoms with Crippen molar-refractivity contribution in [3.05, 3.63) is 298 Å². The highest BCUT2D eigenvalue weighted by Crippen LogP contribution is 2.59. The quantitative estimate of drug-likeness (QED) is 0.160. The van der Waals surface area contributed by atoms with E-state index >= 15 is 0 Å². The average Bonchev–Trinajstić information content (AvgIpc) is 0.843. The molecule has 0 fully saturated rings. The molecule has 1 spiro atoms. The van der Waals surface area contributed by atoms with Crippen LogP contribution in [0.2, 0.25) is 0 Å². The molecule has 5 heterocycles. The molecule has 0 amide bonds. The number of ether oxygens (including phenoxy) is 1. The van der Waals surface area contributed by atoms with Crippen LogP contribution in [0.15, 0.2) is 243 Å². The van der Waals surface area contributed by atoms with E-state index in [2.05, 4.69) is 381 Å². The molecule has 0 unspecified atom stereocenters. The van der Waals surface area contributed by atoms with Crippen LogP contribution in [0.4, 0.5) is 17.1 Å². The summed E-state index contributed by atoms with van der Waals surface area (Å²) >= 11 is 0. The van der Waals surface area contributed by atoms with Crippen molar-refractivity contribution >= 4 is 83.8 Å². The molecule has 0 saturated heterocycles. The molecule has 0 radical (unpaired) electrons. The third kappa shape index (κ3) is 10.1. The first-order valence-corrected chi connectivity index (χ1v) is 37.0. The highest BCUT2D eigenvalue weighted by molar-refractivity contribution is 6.99. The summed E-state index contributed by atoms with van der Waals surface area (Å²) in [6.07, 6.45) is 0. The van der Waals surface area contributed by atoms with Gasteiger partial charge in [0.2, 0.25) is 6.71 Å². The molecule has 2 aromatic heterocycles. The van der Waals surface area contributed by atoms with Gasteiger partial charge in [-0.3, -0.25) is 0 Å². The first-order chi connectivity index (χ1) is 48.4. The van der Waals surface area contributed by atoms with Crippen molar-refractivity contribution in [2.24, 2.45) is 0 Å². The lowest BCUT2D eigenvalue weighted by Crippen LogP contribution is -2.65. The lowest BCUT2D eigenvalue weighted by Gasteiger charge is -2.50. The minimum absolute atomic E-state index is 0.0474. The van der Waals surface area contributed by atoms with Crippen molar-refractivity contribution in [3.63, 3.8) is 0 Å². The molecule has 3 aliphatic heterocycles. The maximum absolute atomic E-state index is 7.29. The number of nitrogens with zero attached hydrogens (tertiary/aromatic N) is 3. The van der Waals surface area contributed by atoms with Crippen molar-refractivity contribution in [1.29, 1.82) is 0 Å². The SMILES string of the molecule is CC(C)(C)c1ccc(N2c3cc(-n4c5ccc(C(C)(C)C)cc5c5cc(C(C)(C)C)ccc54)ccc3B3c4ccc(-n5c6ccc(C(C)(C)C)cc6c6cc(C(C)(C)C)ccc65)cc4C4(c5ccccc5Oc5ccccc54)c4cc(-c5ccccc5C(C)(C)C)cc2c43)c(-c2ccccc2)c1. The first kappa shape index (κ1) is 65.2. The molecule has 102 heavy (non-hydrogen) atoms. The number of hydrogen-bond acceptors (Lipinski definition) is 2. The molecule has 0 atom stereocenters. The van der Waals surface area contributed by atoms with Crippen molar-refractivity contribution in [3.8, 4) is 45.1 Å². The van der Waals surface area contributed by atoms with Crippen LogP contribution in [0, 0.1) is 0 Å². The molecule has 12 aromatic carbocycles. The zero-order chi connectivity index (χ0) is 71.3. The minimum Gasteiger partial charge on any atom is -0.457 e. The molecule has 5 heteroatoms. The number of anilines is 3. The lowest BCUT2D eigenvalue weighted by atomic mass is 9.29. The van der Waals surface area contributed by atoms with Crippen LogP contribution in [0.5, 0.6) is 11.5 Å². The fourth-order valence-corrected chi connectivity index (χ4v) is 17.5. The smallest absolute Gasteiger partial charge is 0.247 e. The summed E-state index contributed by atoms with van der Waals surface area (Å²) in [7, 11) is 0. The highest BCUT2D eigenvalue weighted by atomic mass is 16.5. The second kappa shape index (κ2) is 22.5. The molecule has 17 rings (SSSR count). The van der Waals surface area contributed by atoms with Crippen LogP contribution >= 0.6 is 0 Å². The largest absolute Gasteiger partial charge is 0.457 e. The Morgan fingerprint density at radius 3 is 1.22 bits per heavy atom. The molecule has 0 bridgehead atoms. The molecule has 506 valence electrons. The van der Waals surface area contributed by atoms with E-state index in [0.717, 1.165) is 51.1 Å². The van der Waals surface area contributed by atoms with Crippen molar-refractivity contribution in [1.82, 2.24) is 9.13 Å². The van der Waals surface area contributed by atoms with Gasteiger partial charge in [-0.25, -0.2) is 0 Å². The van der Waals surface area contributed by atoms with Gasteiger partial charge in [-0.15, -0.1) is 0 Å². The van der Waals surface area contributed by atoms with E-state index in [0.29, 0.717) is 0 Å². The van der Waals surface area contributed by atoms with Gasteiger partial charge in [-0.2, -0.15) is 0 Å². The third-order valence-electron chi connectivity index (χ3n) is 23.0. The maximum atomic E-state index is 7.29. The van der Waals surface area contributed by atoms with E-state index in [4.69, 9.17) is 4.74 Å². The third-order valence-corrected chi connectivity index (χ3v) is 23.0. The molecule has 0 saturated carbocycles. The van der Waals surface area contributed by atoms with Crippen LogP contribution in [0.3, 0.4) is 0 Å². The summed E-state index contributed by atoms with van der Waals surface area (Å²) in [5.74, 6) is 1.72. The maximum Gasteiger partial charge on any atom is 0.247 e. The second-order valence-electron chi connectivity index (χ2n) is 35.8. The average molecular weight is 1330 g/mol. The van der Waals surface area contributed by atoms with Gasteiger partial charge < -0.3 is 18.8 Å². The van der Waals surface area contributed by atoms with E-state index in [1.165, 1.54) is 127 Å². The summed E-state index contributed by atoms with van der Waals surface area (Å²) in [6.45, 7) is 41.9. The summed E-state index contributed by atoms with van der Waals surface area (Å²) < 4.78 is 12.4. The number of benzene rings is 12. The Kier molecular flexibility index (Phi) is 14.4. The minimum atomic E-state index is -0.913. The van der Waals surface area contributed by atoms with Gasteiger partial charge in [0.15, 0.2) is 0 Å². The van der Waals surface area contributed by atoms with E-state index in [-0.39, 0.29) is 39.2 Å². The zero-order valence-corrected chi connectivity index (χ0v) is 62.9. The molecule has 14 aromatic rings. The van der Waals surface area contributed by atoms with Crippen LogP contribution in [0.25, 0.3) is 77.2 Å². The van der Waals surface area contributed by atoms with Crippen molar-refractivity contribution < 1.29 is 4.74 Å². The Labute approximate surface area is 604 Å². The summed E-state index contributed by atoms with van der Waals surface area (Å²) in [5.41, 5.74) is 30.2. The van der Waals surface area contributed by atoms with Gasteiger partial charge in [-0.05, 0) is 214 Å². The lowest BCUT2D eigenvalue weighted by molar-refractivity contribution is 0.435. The number of para-hydroxylation sites is 2. The summed E-state index contributed by atoms with van der Waals surface area (Å²) in [4.78, 5) is 2.70. The van der Waals surface area contributed by atoms with Gasteiger partial charge in [0.25, 0.3) is 0 Å². The van der Waals surface area contributed by atoms with E-state index < -0.39 is 5.41 Å². The number of rotatable bonds is 5. The fraction of sp³-hybridized carbons (Fsp3) is 0.258. The first-order valence-electron chi connectivity index (χ1n) is 37.0. The van der Waals surface area contributed by atoms with Crippen LogP contribution in [-0.4, -0.2) is 15.8 Å². The Morgan fingerprint density at radius 2 is 0.725 bits per heavy atom. The Hall–Kier alpha value is -10.1. The van der Waals surface area contributed by atoms with Gasteiger partial charge in [0, 0.05) is 61.0 Å². The number of fused-ring (bicyclic) bond motifs is 16. The standard InChI is InChI=1S/C97H94BN3O/c1-91(2,3)61-36-45-81(69(52-61)59-28-20-19-21-29-59)101-86-58-67(100-84-48-39-64(94(10,11)12)55-72(84)73-56-65(95(13,14)15)40-49-85(73)100)42-44-80(86)98-79-43-41-66(99-82-46-37-62(92(4,5)6)53-70(82)71-54-63(93(7,8)9)38-47-83(71)99)57-77(79)97(75-32-24-26-34-88(75)102-89-35-27-25-33-76(89)97)78-50-60(51-87(101)90(78)98)68-30-22-23-31-74(68)96(16,17)18/h19-58H,1-18H3. The van der Waals surface area contributed by atoms with Crippen molar-refractivity contribution in [2.75, 3.05) is 4.90 Å². The van der Waals surface area contributed by atoms with Gasteiger partial charge in [0.05, 0.1) is 33.2 Å². The summed E-state index contributed by atoms with van der Waals surface area (Å²) in [5, 5.41) is 5.08. The molecule has 3 aliphatic rings. The Morgan fingerprint density at radius 1 is 0.294 bits per heavy atom. The zero-order valence-electron chi connectivity index (χ0n) is 62.9. The van der Waals surface area contributed by atoms with Crippen LogP contribution < -0.4 is 26.0 Å². The van der Waals surface area contributed by atoms with E-state index in [9.17, 15) is 0 Å². The topological polar surface area (TPSA) is 22.3 Å². The molecular formula is C97H94BN3O. The molecular weight excluding hydrogens is 1230 g/mol. The number of hydrogen-bond donors (Lipinski definition) is 0.